The van der Waals surface area contributed by atoms with E-state index in [1.165, 1.54) is 12.4 Å². The largest absolute Gasteiger partial charge is 0.505 e. The molecule has 0 aliphatic rings. The lowest BCUT2D eigenvalue weighted by Gasteiger charge is -2.27. The molecule has 0 radical (unpaired) electrons. The van der Waals surface area contributed by atoms with Crippen molar-refractivity contribution in [2.75, 3.05) is 11.9 Å². The van der Waals surface area contributed by atoms with Crippen LogP contribution in [0.1, 0.15) is 66.0 Å². The van der Waals surface area contributed by atoms with E-state index in [1.807, 2.05) is 39.8 Å². The first-order valence-corrected chi connectivity index (χ1v) is 8.86. The SMILES string of the molecule is CCCN=C/C(=C\Nc1cc(C(C)(C)C)cc(C(C)(C)C)c1O)[N+](=O)[O-]. The number of nitrogens with zero attached hydrogens (tertiary/aromatic N) is 2. The summed E-state index contributed by atoms with van der Waals surface area (Å²) < 4.78 is 0. The number of nitrogens with one attached hydrogen (secondary N) is 1. The van der Waals surface area contributed by atoms with Gasteiger partial charge in [-0.15, -0.1) is 0 Å². The van der Waals surface area contributed by atoms with Crippen LogP contribution >= 0.6 is 0 Å². The van der Waals surface area contributed by atoms with Gasteiger partial charge in [-0.1, -0.05) is 54.5 Å². The Balaban J connectivity index is 3.38. The van der Waals surface area contributed by atoms with Crippen LogP contribution in [0.15, 0.2) is 29.0 Å². The van der Waals surface area contributed by atoms with E-state index in [0.717, 1.165) is 17.5 Å². The first kappa shape index (κ1) is 21.7. The number of aliphatic imine (C=N–C) groups is 1. The fourth-order valence-electron chi connectivity index (χ4n) is 2.33. The number of benzene rings is 1. The van der Waals surface area contributed by atoms with Crippen LogP contribution in [-0.4, -0.2) is 22.8 Å². The number of aromatic hydroxyl groups is 1. The monoisotopic (exact) mass is 361 g/mol. The number of hydrogen-bond donors (Lipinski definition) is 2. The highest BCUT2D eigenvalue weighted by atomic mass is 16.6. The van der Waals surface area contributed by atoms with Crippen molar-refractivity contribution in [2.45, 2.75) is 65.7 Å². The van der Waals surface area contributed by atoms with Crippen LogP contribution in [0, 0.1) is 10.1 Å². The van der Waals surface area contributed by atoms with Gasteiger partial charge in [0.15, 0.2) is 0 Å². The van der Waals surface area contributed by atoms with Gasteiger partial charge in [-0.05, 0) is 28.9 Å². The van der Waals surface area contributed by atoms with E-state index in [-0.39, 0.29) is 22.3 Å². The van der Waals surface area contributed by atoms with Crippen LogP contribution in [-0.2, 0) is 10.8 Å². The molecule has 26 heavy (non-hydrogen) atoms. The molecule has 1 aromatic rings. The maximum absolute atomic E-state index is 11.2. The van der Waals surface area contributed by atoms with Crippen LogP contribution < -0.4 is 5.32 Å². The molecule has 0 bridgehead atoms. The number of phenols is 1. The second kappa shape index (κ2) is 8.34. The number of nitro groups is 1. The number of anilines is 1. The number of allylic oxidation sites excluding steroid dienone is 1. The normalized spacial score (nSPS) is 13.3. The summed E-state index contributed by atoms with van der Waals surface area (Å²) >= 11 is 0. The fourth-order valence-corrected chi connectivity index (χ4v) is 2.33. The van der Waals surface area contributed by atoms with Crippen molar-refractivity contribution in [3.63, 3.8) is 0 Å². The average Bonchev–Trinajstić information content (AvgIpc) is 2.49. The topological polar surface area (TPSA) is 87.8 Å². The molecule has 0 aliphatic carbocycles. The lowest BCUT2D eigenvalue weighted by atomic mass is 9.79. The molecule has 6 nitrogen and oxygen atoms in total. The van der Waals surface area contributed by atoms with Crippen LogP contribution in [0.3, 0.4) is 0 Å². The molecule has 0 aromatic heterocycles. The van der Waals surface area contributed by atoms with E-state index in [1.54, 1.807) is 0 Å². The fraction of sp³-hybridized carbons (Fsp3) is 0.550. The molecule has 6 heteroatoms. The Morgan fingerprint density at radius 3 is 2.31 bits per heavy atom. The molecule has 1 rings (SSSR count). The van der Waals surface area contributed by atoms with E-state index < -0.39 is 4.92 Å². The van der Waals surface area contributed by atoms with Crippen molar-refractivity contribution in [1.82, 2.24) is 0 Å². The Bertz CT molecular complexity index is 708. The van der Waals surface area contributed by atoms with Gasteiger partial charge in [0, 0.05) is 12.1 Å². The summed E-state index contributed by atoms with van der Waals surface area (Å²) in [6, 6.07) is 3.84. The molecule has 144 valence electrons. The third-order valence-electron chi connectivity index (χ3n) is 3.95. The van der Waals surface area contributed by atoms with Crippen molar-refractivity contribution in [1.29, 1.82) is 0 Å². The minimum atomic E-state index is -0.499. The van der Waals surface area contributed by atoms with Crippen molar-refractivity contribution in [2.24, 2.45) is 4.99 Å². The van der Waals surface area contributed by atoms with Gasteiger partial charge in [0.25, 0.3) is 0 Å². The molecule has 0 aliphatic heterocycles. The Labute approximate surface area is 156 Å². The summed E-state index contributed by atoms with van der Waals surface area (Å²) in [5.41, 5.74) is 1.74. The third-order valence-corrected chi connectivity index (χ3v) is 3.95. The zero-order valence-electron chi connectivity index (χ0n) is 16.9. The molecule has 0 fully saturated rings. The predicted octanol–water partition coefficient (Wildman–Crippen LogP) is 5.00. The van der Waals surface area contributed by atoms with Gasteiger partial charge in [-0.25, -0.2) is 0 Å². The Hall–Kier alpha value is -2.37. The summed E-state index contributed by atoms with van der Waals surface area (Å²) in [7, 11) is 0. The number of hydrogen-bond acceptors (Lipinski definition) is 5. The Kier molecular flexibility index (Phi) is 6.95. The summed E-state index contributed by atoms with van der Waals surface area (Å²) in [6.07, 6.45) is 3.33. The summed E-state index contributed by atoms with van der Waals surface area (Å²) in [5.74, 6) is 0.106. The molecule has 1 aromatic carbocycles. The molecule has 0 unspecified atom stereocenters. The van der Waals surface area contributed by atoms with Gasteiger partial charge in [0.05, 0.1) is 16.8 Å². The molecular weight excluding hydrogens is 330 g/mol. The molecule has 0 heterocycles. The summed E-state index contributed by atoms with van der Waals surface area (Å²) in [5, 5.41) is 24.8. The molecule has 0 saturated carbocycles. The number of phenolic OH excluding ortho intramolecular Hbond substituents is 1. The lowest BCUT2D eigenvalue weighted by Crippen LogP contribution is -2.17. The van der Waals surface area contributed by atoms with Crippen molar-refractivity contribution >= 4 is 11.9 Å². The average molecular weight is 361 g/mol. The molecule has 0 spiro atoms. The van der Waals surface area contributed by atoms with Gasteiger partial charge in [0.2, 0.25) is 0 Å². The predicted molar refractivity (Wildman–Crippen MR) is 108 cm³/mol. The molecular formula is C20H31N3O3. The minimum Gasteiger partial charge on any atom is -0.505 e. The Morgan fingerprint density at radius 1 is 1.23 bits per heavy atom. The van der Waals surface area contributed by atoms with Gasteiger partial charge in [0.1, 0.15) is 12.0 Å². The quantitative estimate of drug-likeness (QED) is 0.323. The van der Waals surface area contributed by atoms with Crippen LogP contribution in [0.5, 0.6) is 5.75 Å². The highest BCUT2D eigenvalue weighted by Crippen LogP contribution is 2.40. The van der Waals surface area contributed by atoms with Gasteiger partial charge >= 0.3 is 5.70 Å². The standard InChI is InChI=1S/C20H31N3O3/c1-8-9-21-12-15(23(25)26)13-22-17-11-14(19(2,3)4)10-16(18(17)24)20(5,6)7/h10-13,22,24H,8-9H2,1-7H3/b15-13+,21-12?. The maximum Gasteiger partial charge on any atom is 0.302 e. The van der Waals surface area contributed by atoms with E-state index in [9.17, 15) is 15.2 Å². The smallest absolute Gasteiger partial charge is 0.302 e. The molecule has 0 atom stereocenters. The molecule has 2 N–H and O–H groups in total. The summed E-state index contributed by atoms with van der Waals surface area (Å²) in [4.78, 5) is 14.7. The molecule has 0 saturated heterocycles. The highest BCUT2D eigenvalue weighted by molar-refractivity contribution is 5.76. The second-order valence-corrected chi connectivity index (χ2v) is 8.43. The highest BCUT2D eigenvalue weighted by Gasteiger charge is 2.25. The summed E-state index contributed by atoms with van der Waals surface area (Å²) in [6.45, 7) is 14.8. The van der Waals surface area contributed by atoms with E-state index in [0.29, 0.717) is 12.2 Å². The minimum absolute atomic E-state index is 0.106. The van der Waals surface area contributed by atoms with E-state index in [4.69, 9.17) is 0 Å². The van der Waals surface area contributed by atoms with Gasteiger partial charge in [-0.2, -0.15) is 0 Å². The van der Waals surface area contributed by atoms with Gasteiger partial charge < -0.3 is 10.4 Å². The third kappa shape index (κ3) is 5.86. The first-order chi connectivity index (χ1) is 11.9. The van der Waals surface area contributed by atoms with Crippen molar-refractivity contribution < 1.29 is 10.0 Å². The molecule has 0 amide bonds. The van der Waals surface area contributed by atoms with Crippen LogP contribution in [0.4, 0.5) is 5.69 Å². The second-order valence-electron chi connectivity index (χ2n) is 8.43. The lowest BCUT2D eigenvalue weighted by molar-refractivity contribution is -0.414. The van der Waals surface area contributed by atoms with E-state index >= 15 is 0 Å². The number of rotatable bonds is 6. The zero-order chi connectivity index (χ0) is 20.1. The van der Waals surface area contributed by atoms with E-state index in [2.05, 4.69) is 31.1 Å². The maximum atomic E-state index is 11.2. The zero-order valence-corrected chi connectivity index (χ0v) is 16.9. The van der Waals surface area contributed by atoms with Crippen molar-refractivity contribution in [3.05, 3.63) is 45.3 Å². The van der Waals surface area contributed by atoms with Crippen LogP contribution in [0.2, 0.25) is 0 Å². The van der Waals surface area contributed by atoms with Crippen molar-refractivity contribution in [3.8, 4) is 5.75 Å². The van der Waals surface area contributed by atoms with Gasteiger partial charge in [-0.3, -0.25) is 15.1 Å². The first-order valence-electron chi connectivity index (χ1n) is 8.86. The Morgan fingerprint density at radius 2 is 1.85 bits per heavy atom. The van der Waals surface area contributed by atoms with Crippen LogP contribution in [0.25, 0.3) is 0 Å².